The van der Waals surface area contributed by atoms with E-state index >= 15 is 0 Å². The number of amides is 1. The Balaban J connectivity index is 2.35. The first-order valence-electron chi connectivity index (χ1n) is 8.83. The second kappa shape index (κ2) is 7.78. The van der Waals surface area contributed by atoms with E-state index in [1.54, 1.807) is 0 Å². The molecule has 4 nitrogen and oxygen atoms in total. The molecule has 0 spiro atoms. The average Bonchev–Trinajstić information content (AvgIpc) is 2.34. The molecule has 2 N–H and O–H groups in total. The van der Waals surface area contributed by atoms with Gasteiger partial charge in [0.2, 0.25) is 5.91 Å². The number of hydroxylamine groups is 2. The molecule has 0 saturated carbocycles. The van der Waals surface area contributed by atoms with Crippen LogP contribution in [0.25, 0.3) is 0 Å². The van der Waals surface area contributed by atoms with Gasteiger partial charge >= 0.3 is 0 Å². The predicted octanol–water partition coefficient (Wildman–Crippen LogP) is 4.12. The lowest BCUT2D eigenvalue weighted by molar-refractivity contribution is -0.246. The van der Waals surface area contributed by atoms with Crippen LogP contribution in [0, 0.1) is 5.92 Å². The largest absolute Gasteiger partial charge is 0.353 e. The lowest BCUT2D eigenvalue weighted by atomic mass is 9.79. The minimum atomic E-state index is -0.309. The van der Waals surface area contributed by atoms with Gasteiger partial charge in [-0.25, -0.2) is 0 Å². The molecule has 1 heterocycles. The van der Waals surface area contributed by atoms with Crippen LogP contribution in [0.4, 0.5) is 0 Å². The fourth-order valence-electron chi connectivity index (χ4n) is 3.69. The molecule has 0 atom stereocenters. The van der Waals surface area contributed by atoms with Gasteiger partial charge in [-0.3, -0.25) is 4.79 Å². The van der Waals surface area contributed by atoms with Crippen molar-refractivity contribution in [1.82, 2.24) is 10.4 Å². The quantitative estimate of drug-likeness (QED) is 0.695. The Kier molecular flexibility index (Phi) is 6.87. The van der Waals surface area contributed by atoms with Gasteiger partial charge in [-0.2, -0.15) is 5.06 Å². The molecule has 0 bridgehead atoms. The van der Waals surface area contributed by atoms with E-state index in [4.69, 9.17) is 0 Å². The number of rotatable bonds is 7. The monoisotopic (exact) mass is 312 g/mol. The first-order chi connectivity index (χ1) is 10.0. The maximum atomic E-state index is 12.1. The zero-order valence-corrected chi connectivity index (χ0v) is 15.4. The van der Waals surface area contributed by atoms with Crippen LogP contribution in [0.2, 0.25) is 0 Å². The van der Waals surface area contributed by atoms with E-state index < -0.39 is 0 Å². The minimum Gasteiger partial charge on any atom is -0.353 e. The Morgan fingerprint density at radius 1 is 1.14 bits per heavy atom. The first kappa shape index (κ1) is 19.4. The standard InChI is InChI=1S/C18H36N2O2/c1-14(2)10-8-7-9-11-16(21)19-15-12-17(3,4)20(22)18(5,6)13-15/h14-15,22H,7-13H2,1-6H3,(H,19,21). The number of carbonyl (C=O) groups is 1. The summed E-state index contributed by atoms with van der Waals surface area (Å²) in [5.74, 6) is 0.912. The topological polar surface area (TPSA) is 52.6 Å². The first-order valence-corrected chi connectivity index (χ1v) is 8.83. The van der Waals surface area contributed by atoms with E-state index in [1.165, 1.54) is 17.9 Å². The van der Waals surface area contributed by atoms with Crippen LogP contribution in [-0.2, 0) is 4.79 Å². The SMILES string of the molecule is CC(C)CCCCCC(=O)NC1CC(C)(C)N(O)C(C)(C)C1. The van der Waals surface area contributed by atoms with Crippen molar-refractivity contribution in [2.75, 3.05) is 0 Å². The van der Waals surface area contributed by atoms with Crippen LogP contribution in [0.3, 0.4) is 0 Å². The van der Waals surface area contributed by atoms with Crippen LogP contribution in [0.15, 0.2) is 0 Å². The Morgan fingerprint density at radius 2 is 1.68 bits per heavy atom. The third-order valence-electron chi connectivity index (χ3n) is 4.69. The molecule has 1 aliphatic heterocycles. The van der Waals surface area contributed by atoms with E-state index in [0.717, 1.165) is 31.6 Å². The number of piperidine rings is 1. The number of nitrogens with one attached hydrogen (secondary N) is 1. The molecular formula is C18H36N2O2. The lowest BCUT2D eigenvalue weighted by Gasteiger charge is -2.51. The molecule has 1 fully saturated rings. The van der Waals surface area contributed by atoms with Crippen LogP contribution >= 0.6 is 0 Å². The molecule has 0 aromatic heterocycles. The van der Waals surface area contributed by atoms with Crippen LogP contribution in [0.1, 0.15) is 86.5 Å². The smallest absolute Gasteiger partial charge is 0.220 e. The minimum absolute atomic E-state index is 0.150. The molecule has 1 saturated heterocycles. The van der Waals surface area contributed by atoms with Gasteiger partial charge < -0.3 is 10.5 Å². The summed E-state index contributed by atoms with van der Waals surface area (Å²) in [5, 5.41) is 14.9. The zero-order valence-electron chi connectivity index (χ0n) is 15.4. The average molecular weight is 312 g/mol. The molecule has 0 aromatic rings. The van der Waals surface area contributed by atoms with Crippen molar-refractivity contribution in [2.45, 2.75) is 104 Å². The van der Waals surface area contributed by atoms with Crippen molar-refractivity contribution in [3.05, 3.63) is 0 Å². The molecule has 0 aromatic carbocycles. The van der Waals surface area contributed by atoms with Crippen molar-refractivity contribution in [3.8, 4) is 0 Å². The van der Waals surface area contributed by atoms with Gasteiger partial charge in [0.25, 0.3) is 0 Å². The van der Waals surface area contributed by atoms with Crippen LogP contribution in [-0.4, -0.2) is 33.3 Å². The zero-order chi connectivity index (χ0) is 17.0. The number of unbranched alkanes of at least 4 members (excludes halogenated alkanes) is 2. The second-order valence-electron chi connectivity index (χ2n) is 8.60. The summed E-state index contributed by atoms with van der Waals surface area (Å²) in [7, 11) is 0. The van der Waals surface area contributed by atoms with Gasteiger partial charge in [-0.1, -0.05) is 33.1 Å². The number of nitrogens with zero attached hydrogens (tertiary/aromatic N) is 1. The Bertz CT molecular complexity index is 346. The molecule has 0 unspecified atom stereocenters. The molecule has 0 radical (unpaired) electrons. The van der Waals surface area contributed by atoms with Gasteiger partial charge in [-0.15, -0.1) is 0 Å². The van der Waals surface area contributed by atoms with E-state index in [2.05, 4.69) is 19.2 Å². The Hall–Kier alpha value is -0.610. The lowest BCUT2D eigenvalue weighted by Crippen LogP contribution is -2.62. The number of hydrogen-bond donors (Lipinski definition) is 2. The fraction of sp³-hybridized carbons (Fsp3) is 0.944. The Labute approximate surface area is 136 Å². The van der Waals surface area contributed by atoms with Crippen molar-refractivity contribution in [2.24, 2.45) is 5.92 Å². The highest BCUT2D eigenvalue weighted by atomic mass is 16.5. The maximum Gasteiger partial charge on any atom is 0.220 e. The van der Waals surface area contributed by atoms with E-state index in [0.29, 0.717) is 6.42 Å². The van der Waals surface area contributed by atoms with Crippen LogP contribution < -0.4 is 5.32 Å². The van der Waals surface area contributed by atoms with Gasteiger partial charge in [-0.05, 0) is 52.9 Å². The summed E-state index contributed by atoms with van der Waals surface area (Å²) >= 11 is 0. The third kappa shape index (κ3) is 5.88. The van der Waals surface area contributed by atoms with E-state index in [1.807, 2.05) is 27.7 Å². The molecule has 1 rings (SSSR count). The number of hydrogen-bond acceptors (Lipinski definition) is 3. The molecule has 0 aliphatic carbocycles. The molecule has 1 aliphatic rings. The molecule has 22 heavy (non-hydrogen) atoms. The van der Waals surface area contributed by atoms with E-state index in [-0.39, 0.29) is 23.0 Å². The highest BCUT2D eigenvalue weighted by Gasteiger charge is 2.45. The van der Waals surface area contributed by atoms with Gasteiger partial charge in [0.1, 0.15) is 0 Å². The van der Waals surface area contributed by atoms with Crippen molar-refractivity contribution in [1.29, 1.82) is 0 Å². The predicted molar refractivity (Wildman–Crippen MR) is 90.9 cm³/mol. The highest BCUT2D eigenvalue weighted by Crippen LogP contribution is 2.36. The van der Waals surface area contributed by atoms with Gasteiger partial charge in [0.05, 0.1) is 0 Å². The molecular weight excluding hydrogens is 276 g/mol. The third-order valence-corrected chi connectivity index (χ3v) is 4.69. The van der Waals surface area contributed by atoms with Gasteiger partial charge in [0.15, 0.2) is 0 Å². The normalized spacial score (nSPS) is 22.0. The molecule has 1 amide bonds. The summed E-state index contributed by atoms with van der Waals surface area (Å²) in [4.78, 5) is 12.1. The van der Waals surface area contributed by atoms with Crippen molar-refractivity contribution >= 4 is 5.91 Å². The summed E-state index contributed by atoms with van der Waals surface area (Å²) in [5.41, 5.74) is -0.617. The summed E-state index contributed by atoms with van der Waals surface area (Å²) in [6.07, 6.45) is 6.77. The number of carbonyl (C=O) groups excluding carboxylic acids is 1. The maximum absolute atomic E-state index is 12.1. The van der Waals surface area contributed by atoms with Crippen molar-refractivity contribution < 1.29 is 10.0 Å². The van der Waals surface area contributed by atoms with E-state index in [9.17, 15) is 10.0 Å². The highest BCUT2D eigenvalue weighted by molar-refractivity contribution is 5.76. The summed E-state index contributed by atoms with van der Waals surface area (Å²) < 4.78 is 0. The van der Waals surface area contributed by atoms with Crippen LogP contribution in [0.5, 0.6) is 0 Å². The van der Waals surface area contributed by atoms with Gasteiger partial charge in [0, 0.05) is 23.5 Å². The van der Waals surface area contributed by atoms with Crippen molar-refractivity contribution in [3.63, 3.8) is 0 Å². The summed E-state index contributed by atoms with van der Waals surface area (Å²) in [6.45, 7) is 12.6. The fourth-order valence-corrected chi connectivity index (χ4v) is 3.69. The Morgan fingerprint density at radius 3 is 2.18 bits per heavy atom. The second-order valence-corrected chi connectivity index (χ2v) is 8.60. The molecule has 130 valence electrons. The molecule has 4 heteroatoms. The summed E-state index contributed by atoms with van der Waals surface area (Å²) in [6, 6.07) is 0.150.